The molecular weight excluding hydrogens is 336 g/mol. The van der Waals surface area contributed by atoms with Gasteiger partial charge in [-0.3, -0.25) is 4.40 Å². The maximum atomic E-state index is 5.78. The van der Waals surface area contributed by atoms with Gasteiger partial charge in [0.1, 0.15) is 17.2 Å². The predicted molar refractivity (Wildman–Crippen MR) is 107 cm³/mol. The van der Waals surface area contributed by atoms with Gasteiger partial charge >= 0.3 is 0 Å². The first-order chi connectivity index (χ1) is 13.1. The Balaban J connectivity index is 1.43. The van der Waals surface area contributed by atoms with Crippen molar-refractivity contribution >= 4 is 11.5 Å². The number of nitrogens with zero attached hydrogens (tertiary/aromatic N) is 3. The van der Waals surface area contributed by atoms with Gasteiger partial charge in [0.05, 0.1) is 23.7 Å². The number of anilines is 1. The van der Waals surface area contributed by atoms with E-state index in [1.165, 1.54) is 32.1 Å². The van der Waals surface area contributed by atoms with Crippen LogP contribution in [0.1, 0.15) is 46.0 Å². The van der Waals surface area contributed by atoms with Crippen LogP contribution in [0.4, 0.5) is 5.82 Å². The highest BCUT2D eigenvalue weighted by Gasteiger charge is 2.51. The Labute approximate surface area is 159 Å². The van der Waals surface area contributed by atoms with E-state index in [-0.39, 0.29) is 6.10 Å². The van der Waals surface area contributed by atoms with Gasteiger partial charge in [-0.2, -0.15) is 0 Å². The Morgan fingerprint density at radius 1 is 1.22 bits per heavy atom. The zero-order chi connectivity index (χ0) is 18.4. The van der Waals surface area contributed by atoms with Gasteiger partial charge in [-0.15, -0.1) is 0 Å². The summed E-state index contributed by atoms with van der Waals surface area (Å²) < 4.78 is 7.84. The third-order valence-corrected chi connectivity index (χ3v) is 5.99. The Morgan fingerprint density at radius 3 is 2.93 bits per heavy atom. The van der Waals surface area contributed by atoms with E-state index < -0.39 is 0 Å². The number of rotatable bonds is 5. The van der Waals surface area contributed by atoms with E-state index in [2.05, 4.69) is 32.9 Å². The van der Waals surface area contributed by atoms with Gasteiger partial charge in [0.2, 0.25) is 0 Å². The van der Waals surface area contributed by atoms with Gasteiger partial charge < -0.3 is 10.1 Å². The first kappa shape index (κ1) is 16.6. The van der Waals surface area contributed by atoms with Gasteiger partial charge in [0, 0.05) is 18.3 Å². The smallest absolute Gasteiger partial charge is 0.140 e. The van der Waals surface area contributed by atoms with E-state index in [4.69, 9.17) is 9.72 Å². The summed E-state index contributed by atoms with van der Waals surface area (Å²) in [6.07, 6.45) is 10.8. The average molecular weight is 362 g/mol. The molecule has 2 fully saturated rings. The van der Waals surface area contributed by atoms with Crippen LogP contribution in [-0.2, 0) is 0 Å². The summed E-state index contributed by atoms with van der Waals surface area (Å²) in [5.74, 6) is 1.81. The van der Waals surface area contributed by atoms with E-state index in [1.54, 1.807) is 0 Å². The molecular formula is C22H26N4O. The number of nitrogens with one attached hydrogen (secondary N) is 1. The first-order valence-electron chi connectivity index (χ1n) is 10.0. The molecule has 3 aromatic heterocycles. The van der Waals surface area contributed by atoms with Crippen molar-refractivity contribution in [2.45, 2.75) is 58.1 Å². The van der Waals surface area contributed by atoms with Crippen molar-refractivity contribution in [3.63, 3.8) is 0 Å². The summed E-state index contributed by atoms with van der Waals surface area (Å²) >= 11 is 0. The van der Waals surface area contributed by atoms with Crippen LogP contribution >= 0.6 is 0 Å². The normalized spacial score (nSPS) is 20.5. The van der Waals surface area contributed by atoms with Crippen LogP contribution in [0.25, 0.3) is 17.0 Å². The van der Waals surface area contributed by atoms with Crippen LogP contribution in [-0.4, -0.2) is 26.5 Å². The van der Waals surface area contributed by atoms with Crippen molar-refractivity contribution < 1.29 is 4.74 Å². The molecule has 1 N–H and O–H groups in total. The van der Waals surface area contributed by atoms with Crippen molar-refractivity contribution in [1.82, 2.24) is 14.4 Å². The third kappa shape index (κ3) is 3.05. The molecule has 0 amide bonds. The summed E-state index contributed by atoms with van der Waals surface area (Å²) in [7, 11) is 0. The number of fused-ring (bicyclic) bond motifs is 1. The van der Waals surface area contributed by atoms with Crippen LogP contribution in [0.3, 0.4) is 0 Å². The molecule has 5 nitrogen and oxygen atoms in total. The Kier molecular flexibility index (Phi) is 3.85. The molecule has 1 spiro atoms. The summed E-state index contributed by atoms with van der Waals surface area (Å²) in [6.45, 7) is 4.06. The minimum absolute atomic E-state index is 0.150. The van der Waals surface area contributed by atoms with E-state index in [0.717, 1.165) is 28.6 Å². The maximum absolute atomic E-state index is 5.78. The molecule has 1 atom stereocenters. The molecule has 0 unspecified atom stereocenters. The molecule has 3 heterocycles. The van der Waals surface area contributed by atoms with Gasteiger partial charge in [-0.1, -0.05) is 12.5 Å². The third-order valence-electron chi connectivity index (χ3n) is 5.99. The van der Waals surface area contributed by atoms with Crippen LogP contribution in [0.2, 0.25) is 0 Å². The number of imidazole rings is 1. The van der Waals surface area contributed by atoms with E-state index in [9.17, 15) is 0 Å². The Hall–Kier alpha value is -2.56. The Morgan fingerprint density at radius 2 is 2.11 bits per heavy atom. The zero-order valence-electron chi connectivity index (χ0n) is 16.0. The SMILES string of the molecule is CC(C)Oc1ccn2c(-c3cccc(N[C@H]4CCCC45CC5)n3)cnc2c1. The molecule has 2 saturated carbocycles. The molecule has 0 aromatic carbocycles. The monoisotopic (exact) mass is 362 g/mol. The average Bonchev–Trinajstić information content (AvgIpc) is 3.15. The number of pyridine rings is 2. The molecule has 0 saturated heterocycles. The second-order valence-electron chi connectivity index (χ2n) is 8.26. The number of hydrogen-bond donors (Lipinski definition) is 1. The summed E-state index contributed by atoms with van der Waals surface area (Å²) in [6, 6.07) is 10.7. The van der Waals surface area contributed by atoms with Gasteiger partial charge in [0.25, 0.3) is 0 Å². The summed E-state index contributed by atoms with van der Waals surface area (Å²) in [5, 5.41) is 3.71. The fraction of sp³-hybridized carbons (Fsp3) is 0.455. The lowest BCUT2D eigenvalue weighted by Gasteiger charge is -2.20. The lowest BCUT2D eigenvalue weighted by atomic mass is 10.0. The maximum Gasteiger partial charge on any atom is 0.140 e. The summed E-state index contributed by atoms with van der Waals surface area (Å²) in [5.41, 5.74) is 3.37. The second kappa shape index (κ2) is 6.25. The molecule has 5 heteroatoms. The van der Waals surface area contributed by atoms with E-state index in [1.807, 2.05) is 38.4 Å². The lowest BCUT2D eigenvalue weighted by molar-refractivity contribution is 0.242. The minimum atomic E-state index is 0.150. The van der Waals surface area contributed by atoms with Crippen LogP contribution in [0.15, 0.2) is 42.7 Å². The lowest BCUT2D eigenvalue weighted by Crippen LogP contribution is -2.25. The molecule has 3 aromatic rings. The molecule has 0 radical (unpaired) electrons. The van der Waals surface area contributed by atoms with Crippen LogP contribution in [0, 0.1) is 5.41 Å². The highest BCUT2D eigenvalue weighted by molar-refractivity contribution is 5.63. The molecule has 0 bridgehead atoms. The van der Waals surface area contributed by atoms with E-state index >= 15 is 0 Å². The zero-order valence-corrected chi connectivity index (χ0v) is 16.0. The van der Waals surface area contributed by atoms with Gasteiger partial charge in [-0.25, -0.2) is 9.97 Å². The highest BCUT2D eigenvalue weighted by atomic mass is 16.5. The van der Waals surface area contributed by atoms with Crippen molar-refractivity contribution in [2.24, 2.45) is 5.41 Å². The van der Waals surface area contributed by atoms with Crippen molar-refractivity contribution in [1.29, 1.82) is 0 Å². The van der Waals surface area contributed by atoms with Crippen molar-refractivity contribution in [3.8, 4) is 17.1 Å². The fourth-order valence-corrected chi connectivity index (χ4v) is 4.46. The predicted octanol–water partition coefficient (Wildman–Crippen LogP) is 4.93. The van der Waals surface area contributed by atoms with Crippen LogP contribution in [0.5, 0.6) is 5.75 Å². The minimum Gasteiger partial charge on any atom is -0.491 e. The molecule has 2 aliphatic carbocycles. The largest absolute Gasteiger partial charge is 0.491 e. The first-order valence-corrected chi connectivity index (χ1v) is 10.0. The number of ether oxygens (including phenoxy) is 1. The van der Waals surface area contributed by atoms with Crippen molar-refractivity contribution in [3.05, 3.63) is 42.7 Å². The molecule has 140 valence electrons. The van der Waals surface area contributed by atoms with Gasteiger partial charge in [-0.05, 0) is 63.1 Å². The molecule has 27 heavy (non-hydrogen) atoms. The quantitative estimate of drug-likeness (QED) is 0.699. The van der Waals surface area contributed by atoms with Crippen LogP contribution < -0.4 is 10.1 Å². The van der Waals surface area contributed by atoms with Crippen molar-refractivity contribution in [2.75, 3.05) is 5.32 Å². The summed E-state index contributed by atoms with van der Waals surface area (Å²) in [4.78, 5) is 9.44. The number of hydrogen-bond acceptors (Lipinski definition) is 4. The van der Waals surface area contributed by atoms with E-state index in [0.29, 0.717) is 11.5 Å². The topological polar surface area (TPSA) is 51.5 Å². The second-order valence-corrected chi connectivity index (χ2v) is 8.26. The fourth-order valence-electron chi connectivity index (χ4n) is 4.46. The molecule has 5 rings (SSSR count). The molecule has 2 aliphatic rings. The van der Waals surface area contributed by atoms with Gasteiger partial charge in [0.15, 0.2) is 0 Å². The Bertz CT molecular complexity index is 973. The standard InChI is InChI=1S/C22H26N4O/c1-15(2)27-16-8-12-26-18(14-23-21(26)13-16)17-5-3-7-20(24-17)25-19-6-4-9-22(19)10-11-22/h3,5,7-8,12-15,19H,4,6,9-11H2,1-2H3,(H,24,25)/t19-/m0/s1. The highest BCUT2D eigenvalue weighted by Crippen LogP contribution is 2.58. The molecule has 0 aliphatic heterocycles. The number of aromatic nitrogens is 3.